The molecule has 4 aromatic rings. The van der Waals surface area contributed by atoms with Crippen molar-refractivity contribution in [1.29, 1.82) is 5.26 Å². The number of halogens is 11. The van der Waals surface area contributed by atoms with Gasteiger partial charge in [-0.1, -0.05) is 6.07 Å². The van der Waals surface area contributed by atoms with Crippen molar-refractivity contribution in [1.82, 2.24) is 4.57 Å². The number of nitriles is 1. The maximum Gasteiger partial charge on any atom is 0.417 e. The van der Waals surface area contributed by atoms with Gasteiger partial charge in [-0.2, -0.15) is 44.8 Å². The van der Waals surface area contributed by atoms with E-state index in [1.165, 1.54) is 0 Å². The lowest BCUT2D eigenvalue weighted by Crippen LogP contribution is -2.29. The normalized spacial score (nSPS) is 12.4. The SMILES string of the molecule is N#Cc1c(C(F)(F)F)cc(-c2ccc(-c3cc(C(F)(F)F)cc(C(F)(F)F)c3)o2)n(Cc2ccc(F)cc2F)c1=O. The molecule has 4 nitrogen and oxygen atoms in total. The molecule has 0 bridgehead atoms. The van der Waals surface area contributed by atoms with Crippen molar-refractivity contribution >= 4 is 0 Å². The van der Waals surface area contributed by atoms with Crippen LogP contribution < -0.4 is 5.56 Å². The summed E-state index contributed by atoms with van der Waals surface area (Å²) in [6.45, 7) is -0.856. The molecule has 0 fully saturated rings. The highest BCUT2D eigenvalue weighted by Gasteiger charge is 2.38. The first kappa shape index (κ1) is 29.4. The monoisotopic (exact) mass is 592 g/mol. The molecule has 0 aliphatic rings. The largest absolute Gasteiger partial charge is 0.455 e. The zero-order chi connectivity index (χ0) is 30.5. The number of aromatic nitrogens is 1. The first-order valence-electron chi connectivity index (χ1n) is 11.0. The smallest absolute Gasteiger partial charge is 0.417 e. The number of furan rings is 1. The van der Waals surface area contributed by atoms with Gasteiger partial charge in [-0.15, -0.1) is 0 Å². The molecule has 0 unspecified atom stereocenters. The van der Waals surface area contributed by atoms with Crippen LogP contribution in [0.25, 0.3) is 22.8 Å². The predicted molar refractivity (Wildman–Crippen MR) is 119 cm³/mol. The quantitative estimate of drug-likeness (QED) is 0.226. The Hall–Kier alpha value is -4.61. The lowest BCUT2D eigenvalue weighted by atomic mass is 10.0. The maximum atomic E-state index is 14.3. The number of rotatable bonds is 4. The summed E-state index contributed by atoms with van der Waals surface area (Å²) in [4.78, 5) is 13.0. The molecule has 0 radical (unpaired) electrons. The van der Waals surface area contributed by atoms with Gasteiger partial charge < -0.3 is 4.42 Å². The lowest BCUT2D eigenvalue weighted by molar-refractivity contribution is -0.143. The summed E-state index contributed by atoms with van der Waals surface area (Å²) in [5.74, 6) is -3.52. The van der Waals surface area contributed by atoms with Crippen LogP contribution in [0, 0.1) is 23.0 Å². The van der Waals surface area contributed by atoms with E-state index in [4.69, 9.17) is 4.42 Å². The van der Waals surface area contributed by atoms with Crippen molar-refractivity contribution in [3.8, 4) is 28.8 Å². The molecular weight excluding hydrogens is 581 g/mol. The van der Waals surface area contributed by atoms with Crippen LogP contribution in [0.3, 0.4) is 0 Å². The van der Waals surface area contributed by atoms with Gasteiger partial charge in [0.2, 0.25) is 0 Å². The maximum absolute atomic E-state index is 14.3. The summed E-state index contributed by atoms with van der Waals surface area (Å²) in [5.41, 5.74) is -9.98. The second-order valence-electron chi connectivity index (χ2n) is 8.51. The Balaban J connectivity index is 1.95. The third-order valence-electron chi connectivity index (χ3n) is 5.79. The van der Waals surface area contributed by atoms with Gasteiger partial charge in [0.15, 0.2) is 5.76 Å². The van der Waals surface area contributed by atoms with Gasteiger partial charge in [0.25, 0.3) is 5.56 Å². The average Bonchev–Trinajstić information content (AvgIpc) is 3.34. The highest BCUT2D eigenvalue weighted by atomic mass is 19.4. The highest BCUT2D eigenvalue weighted by molar-refractivity contribution is 5.66. The first-order chi connectivity index (χ1) is 18.9. The summed E-state index contributed by atoms with van der Waals surface area (Å²) < 4.78 is 154. The lowest BCUT2D eigenvalue weighted by Gasteiger charge is -2.17. The second-order valence-corrected chi connectivity index (χ2v) is 8.51. The number of hydrogen-bond donors (Lipinski definition) is 0. The molecule has 0 aliphatic carbocycles. The van der Waals surface area contributed by atoms with Gasteiger partial charge in [0.05, 0.1) is 28.9 Å². The van der Waals surface area contributed by atoms with Crippen LogP contribution in [0.1, 0.15) is 27.8 Å². The van der Waals surface area contributed by atoms with Crippen molar-refractivity contribution < 1.29 is 52.7 Å². The van der Waals surface area contributed by atoms with E-state index in [1.807, 2.05) is 0 Å². The Labute approximate surface area is 221 Å². The minimum Gasteiger partial charge on any atom is -0.455 e. The zero-order valence-corrected chi connectivity index (χ0v) is 19.8. The third-order valence-corrected chi connectivity index (χ3v) is 5.79. The molecule has 2 heterocycles. The third kappa shape index (κ3) is 5.96. The first-order valence-corrected chi connectivity index (χ1v) is 11.0. The van der Waals surface area contributed by atoms with Gasteiger partial charge in [-0.05, 0) is 42.5 Å². The minimum absolute atomic E-state index is 0.140. The number of pyridine rings is 1. The van der Waals surface area contributed by atoms with E-state index in [0.29, 0.717) is 22.8 Å². The summed E-state index contributed by atoms with van der Waals surface area (Å²) >= 11 is 0. The topological polar surface area (TPSA) is 58.9 Å². The fourth-order valence-corrected chi connectivity index (χ4v) is 3.89. The molecule has 0 amide bonds. The number of nitrogens with zero attached hydrogens (tertiary/aromatic N) is 2. The van der Waals surface area contributed by atoms with Crippen LogP contribution >= 0.6 is 0 Å². The van der Waals surface area contributed by atoms with Gasteiger partial charge >= 0.3 is 18.5 Å². The van der Waals surface area contributed by atoms with Crippen molar-refractivity contribution in [2.24, 2.45) is 0 Å². The molecule has 15 heteroatoms. The summed E-state index contributed by atoms with van der Waals surface area (Å²) in [5, 5.41) is 9.25. The van der Waals surface area contributed by atoms with E-state index in [9.17, 15) is 58.4 Å². The van der Waals surface area contributed by atoms with Gasteiger partial charge in [0.1, 0.15) is 29.0 Å². The molecule has 0 N–H and O–H groups in total. The second kappa shape index (κ2) is 10.1. The van der Waals surface area contributed by atoms with E-state index in [1.54, 1.807) is 0 Å². The fourth-order valence-electron chi connectivity index (χ4n) is 3.89. The van der Waals surface area contributed by atoms with Crippen molar-refractivity contribution in [2.45, 2.75) is 25.1 Å². The number of hydrogen-bond acceptors (Lipinski definition) is 3. The fraction of sp³-hybridized carbons (Fsp3) is 0.154. The van der Waals surface area contributed by atoms with Gasteiger partial charge in [-0.3, -0.25) is 9.36 Å². The zero-order valence-electron chi connectivity index (χ0n) is 19.8. The average molecular weight is 592 g/mol. The van der Waals surface area contributed by atoms with E-state index in [0.717, 1.165) is 30.3 Å². The highest BCUT2D eigenvalue weighted by Crippen LogP contribution is 2.40. The molecular formula is C26H11F11N2O2. The van der Waals surface area contributed by atoms with Crippen molar-refractivity contribution in [3.05, 3.63) is 104 Å². The Morgan fingerprint density at radius 3 is 1.85 bits per heavy atom. The van der Waals surface area contributed by atoms with Crippen LogP contribution in [-0.2, 0) is 25.1 Å². The summed E-state index contributed by atoms with van der Waals surface area (Å²) in [6.07, 6.45) is -15.7. The predicted octanol–water partition coefficient (Wildman–Crippen LogP) is 8.03. The molecule has 214 valence electrons. The molecule has 4 rings (SSSR count). The van der Waals surface area contributed by atoms with Crippen molar-refractivity contribution in [2.75, 3.05) is 0 Å². The van der Waals surface area contributed by atoms with Gasteiger partial charge in [0, 0.05) is 17.2 Å². The van der Waals surface area contributed by atoms with E-state index in [2.05, 4.69) is 0 Å². The summed E-state index contributed by atoms with van der Waals surface area (Å²) in [6, 6.07) is 5.70. The number of alkyl halides is 9. The Morgan fingerprint density at radius 2 is 1.34 bits per heavy atom. The molecule has 0 atom stereocenters. The van der Waals surface area contributed by atoms with Crippen molar-refractivity contribution in [3.63, 3.8) is 0 Å². The van der Waals surface area contributed by atoms with Crippen LogP contribution in [0.2, 0.25) is 0 Å². The molecule has 0 spiro atoms. The molecule has 2 aromatic carbocycles. The number of benzene rings is 2. The standard InChI is InChI=1S/C26H11F11N2O2/c27-16-2-1-12(19(28)8-16)11-39-20(9-18(26(35,36)37)17(10-38)23(39)40)22-4-3-21(41-22)13-5-14(24(29,30)31)7-15(6-13)25(32,33)34/h1-9H,11H2. The molecule has 0 aliphatic heterocycles. The van der Waals surface area contributed by atoms with E-state index >= 15 is 0 Å². The molecule has 41 heavy (non-hydrogen) atoms. The van der Waals surface area contributed by atoms with Crippen LogP contribution in [0.5, 0.6) is 0 Å². The molecule has 2 aromatic heterocycles. The molecule has 0 saturated heterocycles. The van der Waals surface area contributed by atoms with Gasteiger partial charge in [-0.25, -0.2) is 8.78 Å². The van der Waals surface area contributed by atoms with E-state index in [-0.39, 0.29) is 12.1 Å². The summed E-state index contributed by atoms with van der Waals surface area (Å²) in [7, 11) is 0. The Kier molecular flexibility index (Phi) is 7.23. The minimum atomic E-state index is -5.27. The van der Waals surface area contributed by atoms with Crippen LogP contribution in [-0.4, -0.2) is 4.57 Å². The van der Waals surface area contributed by atoms with Crippen LogP contribution in [0.4, 0.5) is 48.3 Å². The molecule has 0 saturated carbocycles. The Bertz CT molecular complexity index is 1700. The van der Waals surface area contributed by atoms with Crippen LogP contribution in [0.15, 0.2) is 63.8 Å². The Morgan fingerprint density at radius 1 is 0.756 bits per heavy atom. The van der Waals surface area contributed by atoms with E-state index < -0.39 is 92.9 Å².